The monoisotopic (exact) mass is 293 g/mol. The summed E-state index contributed by atoms with van der Waals surface area (Å²) in [7, 11) is -3.51. The van der Waals surface area contributed by atoms with Gasteiger partial charge in [-0.05, 0) is 20.3 Å². The van der Waals surface area contributed by atoms with E-state index in [2.05, 4.69) is 9.97 Å². The highest BCUT2D eigenvalue weighted by molar-refractivity contribution is 7.89. The molecule has 0 spiro atoms. The minimum Gasteiger partial charge on any atom is -0.332 e. The number of imidazole rings is 1. The topological polar surface area (TPSA) is 66.1 Å². The molecule has 0 amide bonds. The van der Waals surface area contributed by atoms with Crippen molar-refractivity contribution in [2.24, 2.45) is 0 Å². The summed E-state index contributed by atoms with van der Waals surface area (Å²) in [5.41, 5.74) is 0. The van der Waals surface area contributed by atoms with Gasteiger partial charge in [0.05, 0.1) is 6.20 Å². The molecule has 0 unspecified atom stereocenters. The molecule has 0 saturated heterocycles. The number of sulfonamides is 1. The van der Waals surface area contributed by atoms with E-state index in [9.17, 15) is 8.42 Å². The van der Waals surface area contributed by atoms with Crippen LogP contribution >= 0.6 is 11.6 Å². The first-order valence-electron chi connectivity index (χ1n) is 6.05. The fourth-order valence-electron chi connectivity index (χ4n) is 1.65. The number of hydrogen-bond acceptors (Lipinski definition) is 3. The predicted molar refractivity (Wildman–Crippen MR) is 72.3 cm³/mol. The van der Waals surface area contributed by atoms with E-state index in [-0.39, 0.29) is 11.1 Å². The van der Waals surface area contributed by atoms with Crippen molar-refractivity contribution in [1.29, 1.82) is 0 Å². The number of H-pyrrole nitrogens is 1. The molecule has 0 saturated carbocycles. The van der Waals surface area contributed by atoms with Gasteiger partial charge in [0.15, 0.2) is 5.03 Å². The van der Waals surface area contributed by atoms with Crippen LogP contribution < -0.4 is 0 Å². The number of aromatic nitrogens is 2. The smallest absolute Gasteiger partial charge is 0.260 e. The Bertz CT molecular complexity index is 470. The third-order valence-corrected chi connectivity index (χ3v) is 4.87. The van der Waals surface area contributed by atoms with Crippen LogP contribution in [-0.2, 0) is 16.4 Å². The summed E-state index contributed by atoms with van der Waals surface area (Å²) in [6.45, 7) is 6.04. The summed E-state index contributed by atoms with van der Waals surface area (Å²) in [4.78, 5) is 6.88. The maximum Gasteiger partial charge on any atom is 0.260 e. The summed E-state index contributed by atoms with van der Waals surface area (Å²) in [5.74, 6) is 1.12. The summed E-state index contributed by atoms with van der Waals surface area (Å²) in [6, 6.07) is -0.105. The van der Waals surface area contributed by atoms with Crippen LogP contribution in [0.15, 0.2) is 11.2 Å². The summed E-state index contributed by atoms with van der Waals surface area (Å²) < 4.78 is 26.3. The third-order valence-electron chi connectivity index (χ3n) is 2.61. The fourth-order valence-corrected chi connectivity index (χ4v) is 3.38. The number of rotatable bonds is 7. The Morgan fingerprint density at radius 3 is 2.61 bits per heavy atom. The Labute approximate surface area is 114 Å². The van der Waals surface area contributed by atoms with Crippen LogP contribution in [0.5, 0.6) is 0 Å². The number of aromatic amines is 1. The summed E-state index contributed by atoms with van der Waals surface area (Å²) >= 11 is 5.63. The van der Waals surface area contributed by atoms with Crippen molar-refractivity contribution >= 4 is 21.6 Å². The molecule has 1 aromatic heterocycles. The molecule has 0 aliphatic rings. The Kier molecular flexibility index (Phi) is 5.62. The van der Waals surface area contributed by atoms with E-state index in [4.69, 9.17) is 11.6 Å². The number of hydrogen-bond donors (Lipinski definition) is 1. The fraction of sp³-hybridized carbons (Fsp3) is 0.727. The molecular formula is C11H20ClN3O2S. The van der Waals surface area contributed by atoms with Crippen LogP contribution in [-0.4, -0.2) is 41.2 Å². The molecule has 0 radical (unpaired) electrons. The van der Waals surface area contributed by atoms with E-state index in [1.165, 1.54) is 10.5 Å². The Morgan fingerprint density at radius 2 is 2.17 bits per heavy atom. The van der Waals surface area contributed by atoms with Crippen molar-refractivity contribution < 1.29 is 8.42 Å². The van der Waals surface area contributed by atoms with Gasteiger partial charge in [-0.15, -0.1) is 11.6 Å². The highest BCUT2D eigenvalue weighted by atomic mass is 35.5. The number of aryl methyl sites for hydroxylation is 1. The van der Waals surface area contributed by atoms with Crippen molar-refractivity contribution in [2.45, 2.75) is 44.7 Å². The van der Waals surface area contributed by atoms with Gasteiger partial charge in [0.2, 0.25) is 0 Å². The first kappa shape index (κ1) is 15.5. The van der Waals surface area contributed by atoms with Crippen molar-refractivity contribution in [3.05, 3.63) is 12.0 Å². The maximum atomic E-state index is 12.4. The van der Waals surface area contributed by atoms with Crippen molar-refractivity contribution in [2.75, 3.05) is 12.4 Å². The van der Waals surface area contributed by atoms with Gasteiger partial charge >= 0.3 is 0 Å². The van der Waals surface area contributed by atoms with Crippen molar-refractivity contribution in [3.63, 3.8) is 0 Å². The predicted octanol–water partition coefficient (Wildman–Crippen LogP) is 2.00. The lowest BCUT2D eigenvalue weighted by atomic mass is 10.4. The van der Waals surface area contributed by atoms with Crippen molar-refractivity contribution in [3.8, 4) is 0 Å². The van der Waals surface area contributed by atoms with Gasteiger partial charge in [0, 0.05) is 24.9 Å². The second-order valence-corrected chi connectivity index (χ2v) is 6.54. The molecule has 1 rings (SSSR count). The maximum absolute atomic E-state index is 12.4. The van der Waals surface area contributed by atoms with Gasteiger partial charge in [-0.3, -0.25) is 0 Å². The molecule has 0 bridgehead atoms. The van der Waals surface area contributed by atoms with Crippen molar-refractivity contribution in [1.82, 2.24) is 14.3 Å². The van der Waals surface area contributed by atoms with Gasteiger partial charge in [0.25, 0.3) is 10.0 Å². The van der Waals surface area contributed by atoms with Gasteiger partial charge in [-0.1, -0.05) is 6.92 Å². The van der Waals surface area contributed by atoms with E-state index >= 15 is 0 Å². The highest BCUT2D eigenvalue weighted by Gasteiger charge is 2.28. The molecule has 0 aliphatic heterocycles. The molecule has 1 N–H and O–H groups in total. The SMILES string of the molecule is CCc1ncc(S(=O)(=O)N(CCCCl)C(C)C)[nH]1. The standard InChI is InChI=1S/C11H20ClN3O2S/c1-4-10-13-8-11(14-10)18(16,17)15(9(2)3)7-5-6-12/h8-9H,4-7H2,1-3H3,(H,13,14). The summed E-state index contributed by atoms with van der Waals surface area (Å²) in [5, 5.41) is 0.155. The van der Waals surface area contributed by atoms with Gasteiger partial charge in [-0.25, -0.2) is 13.4 Å². The number of nitrogens with zero attached hydrogens (tertiary/aromatic N) is 2. The lowest BCUT2D eigenvalue weighted by Crippen LogP contribution is -2.38. The molecule has 5 nitrogen and oxygen atoms in total. The molecule has 0 fully saturated rings. The quantitative estimate of drug-likeness (QED) is 0.782. The van der Waals surface area contributed by atoms with Crippen LogP contribution in [0.2, 0.25) is 0 Å². The summed E-state index contributed by atoms with van der Waals surface area (Å²) in [6.07, 6.45) is 2.69. The minimum absolute atomic E-state index is 0.105. The number of alkyl halides is 1. The molecule has 104 valence electrons. The molecule has 0 aromatic carbocycles. The lowest BCUT2D eigenvalue weighted by Gasteiger charge is -2.24. The molecule has 1 heterocycles. The molecule has 1 aromatic rings. The van der Waals surface area contributed by atoms with E-state index in [1.54, 1.807) is 0 Å². The number of halogens is 1. The lowest BCUT2D eigenvalue weighted by molar-refractivity contribution is 0.353. The zero-order chi connectivity index (χ0) is 13.8. The van der Waals surface area contributed by atoms with E-state index in [1.807, 2.05) is 20.8 Å². The molecule has 18 heavy (non-hydrogen) atoms. The Morgan fingerprint density at radius 1 is 1.50 bits per heavy atom. The first-order valence-corrected chi connectivity index (χ1v) is 8.02. The minimum atomic E-state index is -3.51. The van der Waals surface area contributed by atoms with Crippen LogP contribution in [0.25, 0.3) is 0 Å². The first-order chi connectivity index (χ1) is 8.43. The largest absolute Gasteiger partial charge is 0.332 e. The van der Waals surface area contributed by atoms with E-state index in [0.717, 1.165) is 0 Å². The average molecular weight is 294 g/mol. The molecule has 7 heteroatoms. The zero-order valence-electron chi connectivity index (χ0n) is 11.0. The van der Waals surface area contributed by atoms with Gasteiger partial charge in [0.1, 0.15) is 5.82 Å². The highest BCUT2D eigenvalue weighted by Crippen LogP contribution is 2.17. The van der Waals surface area contributed by atoms with Crippen LogP contribution in [0.1, 0.15) is 33.0 Å². The molecular weight excluding hydrogens is 274 g/mol. The van der Waals surface area contributed by atoms with Gasteiger partial charge < -0.3 is 4.98 Å². The Balaban J connectivity index is 3.00. The zero-order valence-corrected chi connectivity index (χ0v) is 12.6. The molecule has 0 aliphatic carbocycles. The normalized spacial score (nSPS) is 12.6. The van der Waals surface area contributed by atoms with Crippen LogP contribution in [0, 0.1) is 0 Å². The number of nitrogens with one attached hydrogen (secondary N) is 1. The van der Waals surface area contributed by atoms with Gasteiger partial charge in [-0.2, -0.15) is 4.31 Å². The van der Waals surface area contributed by atoms with Crippen LogP contribution in [0.4, 0.5) is 0 Å². The van der Waals surface area contributed by atoms with Crippen LogP contribution in [0.3, 0.4) is 0 Å². The van der Waals surface area contributed by atoms with E-state index < -0.39 is 10.0 Å². The second kappa shape index (κ2) is 6.54. The Hall–Kier alpha value is -0.590. The average Bonchev–Trinajstić information content (AvgIpc) is 2.77. The second-order valence-electron chi connectivity index (χ2n) is 4.30. The molecule has 0 atom stereocenters. The third kappa shape index (κ3) is 3.46. The van der Waals surface area contributed by atoms with E-state index in [0.29, 0.717) is 31.1 Å².